The van der Waals surface area contributed by atoms with Gasteiger partial charge in [0.05, 0.1) is 10.3 Å². The molecule has 26 heavy (non-hydrogen) atoms. The summed E-state index contributed by atoms with van der Waals surface area (Å²) in [4.78, 5) is 12.3. The molecule has 136 valence electrons. The summed E-state index contributed by atoms with van der Waals surface area (Å²) in [5.74, 6) is 0.110. The lowest BCUT2D eigenvalue weighted by molar-refractivity contribution is -0.144. The normalized spacial score (nSPS) is 12.5. The fraction of sp³-hybridized carbons (Fsp3) is 0.250. The molecule has 0 amide bonds. The van der Waals surface area contributed by atoms with Gasteiger partial charge in [-0.1, -0.05) is 37.3 Å². The van der Waals surface area contributed by atoms with Crippen LogP contribution in [-0.2, 0) is 14.9 Å². The van der Waals surface area contributed by atoms with Gasteiger partial charge in [-0.2, -0.15) is 8.42 Å². The van der Waals surface area contributed by atoms with Crippen molar-refractivity contribution in [1.29, 1.82) is 0 Å². The molecule has 5 nitrogen and oxygen atoms in total. The average molecular weight is 372 g/mol. The molecule has 0 radical (unpaired) electrons. The van der Waals surface area contributed by atoms with Crippen molar-refractivity contribution in [2.45, 2.75) is 32.1 Å². The van der Waals surface area contributed by atoms with E-state index in [-0.39, 0.29) is 10.9 Å². The lowest BCUT2D eigenvalue weighted by Crippen LogP contribution is -2.28. The standard InChI is InChI=1S/C20H20O5S/c1-4-20(2,3)19(21)25-18-11-13-9-10-14(26(22,23)24)12-17(13)15-7-5-6-8-16(15)18/h5-12H,4H2,1-3H3,(H,22,23,24). The van der Waals surface area contributed by atoms with Gasteiger partial charge in [-0.05, 0) is 54.6 Å². The Morgan fingerprint density at radius 1 is 1.04 bits per heavy atom. The van der Waals surface area contributed by atoms with Gasteiger partial charge in [-0.25, -0.2) is 0 Å². The number of carbonyl (C=O) groups is 1. The van der Waals surface area contributed by atoms with Crippen LogP contribution in [0.2, 0.25) is 0 Å². The Kier molecular flexibility index (Phi) is 4.50. The summed E-state index contributed by atoms with van der Waals surface area (Å²) in [6.45, 7) is 5.59. The summed E-state index contributed by atoms with van der Waals surface area (Å²) in [6, 6.07) is 13.3. The summed E-state index contributed by atoms with van der Waals surface area (Å²) >= 11 is 0. The van der Waals surface area contributed by atoms with E-state index < -0.39 is 15.5 Å². The van der Waals surface area contributed by atoms with Crippen molar-refractivity contribution in [3.63, 3.8) is 0 Å². The van der Waals surface area contributed by atoms with Crippen LogP contribution in [0, 0.1) is 5.41 Å². The van der Waals surface area contributed by atoms with Crippen LogP contribution in [0.3, 0.4) is 0 Å². The molecule has 0 bridgehead atoms. The van der Waals surface area contributed by atoms with E-state index in [2.05, 4.69) is 0 Å². The van der Waals surface area contributed by atoms with Crippen LogP contribution in [0.15, 0.2) is 53.4 Å². The fourth-order valence-corrected chi connectivity index (χ4v) is 3.18. The lowest BCUT2D eigenvalue weighted by atomic mass is 9.90. The quantitative estimate of drug-likeness (QED) is 0.314. The van der Waals surface area contributed by atoms with Crippen LogP contribution in [0.1, 0.15) is 27.2 Å². The molecule has 0 aromatic heterocycles. The van der Waals surface area contributed by atoms with Gasteiger partial charge < -0.3 is 4.74 Å². The molecule has 3 aromatic carbocycles. The van der Waals surface area contributed by atoms with Crippen LogP contribution >= 0.6 is 0 Å². The summed E-state index contributed by atoms with van der Waals surface area (Å²) in [5, 5.41) is 2.82. The SMILES string of the molecule is CCC(C)(C)C(=O)Oc1cc2ccc(S(=O)(=O)O)cc2c2ccccc12. The van der Waals surface area contributed by atoms with Gasteiger partial charge >= 0.3 is 5.97 Å². The van der Waals surface area contributed by atoms with Crippen LogP contribution in [0.5, 0.6) is 5.75 Å². The van der Waals surface area contributed by atoms with E-state index in [0.717, 1.165) is 5.39 Å². The van der Waals surface area contributed by atoms with Crippen molar-refractivity contribution in [3.05, 3.63) is 48.5 Å². The van der Waals surface area contributed by atoms with Crippen molar-refractivity contribution < 1.29 is 22.5 Å². The van der Waals surface area contributed by atoms with Gasteiger partial charge in [0.1, 0.15) is 5.75 Å². The molecule has 0 unspecified atom stereocenters. The van der Waals surface area contributed by atoms with Crippen molar-refractivity contribution in [1.82, 2.24) is 0 Å². The van der Waals surface area contributed by atoms with E-state index in [0.29, 0.717) is 28.3 Å². The Labute approximate surface area is 152 Å². The number of hydrogen-bond acceptors (Lipinski definition) is 4. The first kappa shape index (κ1) is 18.4. The van der Waals surface area contributed by atoms with E-state index in [1.807, 2.05) is 45.0 Å². The first-order chi connectivity index (χ1) is 12.1. The number of hydrogen-bond donors (Lipinski definition) is 1. The molecule has 0 saturated heterocycles. The number of fused-ring (bicyclic) bond motifs is 3. The van der Waals surface area contributed by atoms with Crippen molar-refractivity contribution in [3.8, 4) is 5.75 Å². The molecule has 0 aliphatic heterocycles. The highest BCUT2D eigenvalue weighted by molar-refractivity contribution is 7.85. The second kappa shape index (κ2) is 6.37. The average Bonchev–Trinajstić information content (AvgIpc) is 2.60. The third-order valence-corrected chi connectivity index (χ3v) is 5.58. The van der Waals surface area contributed by atoms with Crippen molar-refractivity contribution in [2.24, 2.45) is 5.41 Å². The Hall–Kier alpha value is -2.44. The largest absolute Gasteiger partial charge is 0.425 e. The van der Waals surface area contributed by atoms with Gasteiger partial charge in [0.15, 0.2) is 0 Å². The number of carbonyl (C=O) groups excluding carboxylic acids is 1. The molecule has 1 N–H and O–H groups in total. The first-order valence-electron chi connectivity index (χ1n) is 8.29. The molecule has 0 heterocycles. The second-order valence-corrected chi connectivity index (χ2v) is 8.33. The van der Waals surface area contributed by atoms with Crippen LogP contribution in [0.25, 0.3) is 21.5 Å². The van der Waals surface area contributed by atoms with Gasteiger partial charge in [0, 0.05) is 5.39 Å². The van der Waals surface area contributed by atoms with Gasteiger partial charge in [0.25, 0.3) is 10.1 Å². The smallest absolute Gasteiger partial charge is 0.316 e. The highest BCUT2D eigenvalue weighted by atomic mass is 32.2. The Morgan fingerprint density at radius 3 is 2.31 bits per heavy atom. The van der Waals surface area contributed by atoms with E-state index >= 15 is 0 Å². The molecule has 0 spiro atoms. The van der Waals surface area contributed by atoms with Crippen LogP contribution < -0.4 is 4.74 Å². The summed E-state index contributed by atoms with van der Waals surface area (Å²) in [7, 11) is -4.30. The topological polar surface area (TPSA) is 80.7 Å². The maximum Gasteiger partial charge on any atom is 0.316 e. The molecule has 0 fully saturated rings. The number of ether oxygens (including phenoxy) is 1. The molecule has 0 aliphatic rings. The molecule has 3 aromatic rings. The third kappa shape index (κ3) is 3.30. The predicted octanol–water partition coefficient (Wildman–Crippen LogP) is 4.58. The number of rotatable bonds is 4. The molecule has 3 rings (SSSR count). The van der Waals surface area contributed by atoms with E-state index in [1.165, 1.54) is 12.1 Å². The van der Waals surface area contributed by atoms with Gasteiger partial charge in [0.2, 0.25) is 0 Å². The van der Waals surface area contributed by atoms with Crippen molar-refractivity contribution in [2.75, 3.05) is 0 Å². The lowest BCUT2D eigenvalue weighted by Gasteiger charge is -2.21. The molecule has 0 aliphatic carbocycles. The molecule has 0 atom stereocenters. The molecular formula is C20H20O5S. The second-order valence-electron chi connectivity index (χ2n) is 6.91. The Morgan fingerprint density at radius 2 is 1.69 bits per heavy atom. The van der Waals surface area contributed by atoms with E-state index in [4.69, 9.17) is 4.74 Å². The zero-order valence-electron chi connectivity index (χ0n) is 14.8. The third-order valence-electron chi connectivity index (χ3n) is 4.73. The first-order valence-corrected chi connectivity index (χ1v) is 9.73. The van der Waals surface area contributed by atoms with Gasteiger partial charge in [-0.15, -0.1) is 0 Å². The Balaban J connectivity index is 2.24. The minimum atomic E-state index is -4.30. The maximum atomic E-state index is 12.5. The van der Waals surface area contributed by atoms with Crippen molar-refractivity contribution >= 4 is 37.6 Å². The zero-order chi connectivity index (χ0) is 19.1. The minimum Gasteiger partial charge on any atom is -0.425 e. The molecule has 0 saturated carbocycles. The minimum absolute atomic E-state index is 0.174. The van der Waals surface area contributed by atoms with E-state index in [9.17, 15) is 17.8 Å². The van der Waals surface area contributed by atoms with Crippen LogP contribution in [0.4, 0.5) is 0 Å². The highest BCUT2D eigenvalue weighted by Gasteiger charge is 2.28. The fourth-order valence-electron chi connectivity index (χ4n) is 2.67. The van der Waals surface area contributed by atoms with Crippen LogP contribution in [-0.4, -0.2) is 18.9 Å². The summed E-state index contributed by atoms with van der Waals surface area (Å²) < 4.78 is 37.9. The number of benzene rings is 3. The number of esters is 1. The Bertz CT molecular complexity index is 1110. The monoisotopic (exact) mass is 372 g/mol. The molecular weight excluding hydrogens is 352 g/mol. The highest BCUT2D eigenvalue weighted by Crippen LogP contribution is 2.36. The maximum absolute atomic E-state index is 12.5. The molecule has 6 heteroatoms. The van der Waals surface area contributed by atoms with E-state index in [1.54, 1.807) is 12.1 Å². The predicted molar refractivity (Wildman–Crippen MR) is 101 cm³/mol. The summed E-state index contributed by atoms with van der Waals surface area (Å²) in [6.07, 6.45) is 0.648. The van der Waals surface area contributed by atoms with Gasteiger partial charge in [-0.3, -0.25) is 9.35 Å². The summed E-state index contributed by atoms with van der Waals surface area (Å²) in [5.41, 5.74) is -0.606. The zero-order valence-corrected chi connectivity index (χ0v) is 15.6.